The van der Waals surface area contributed by atoms with Gasteiger partial charge in [-0.05, 0) is 51.3 Å². The third-order valence-electron chi connectivity index (χ3n) is 5.93. The fraction of sp³-hybridized carbons (Fsp3) is 0.500. The van der Waals surface area contributed by atoms with Gasteiger partial charge in [-0.3, -0.25) is 9.59 Å². The molecule has 6 heteroatoms. The van der Waals surface area contributed by atoms with Crippen molar-refractivity contribution in [2.24, 2.45) is 0 Å². The SMILES string of the molecule is O=C(Cn1nc(-c2ccccc2)ccc1=O)N1CCCC(N2CCCC2)CC1. The maximum atomic E-state index is 12.9. The predicted octanol–water partition coefficient (Wildman–Crippen LogP) is 2.39. The maximum absolute atomic E-state index is 12.9. The van der Waals surface area contributed by atoms with Gasteiger partial charge in [-0.1, -0.05) is 30.3 Å². The highest BCUT2D eigenvalue weighted by Crippen LogP contribution is 2.21. The molecule has 0 bridgehead atoms. The van der Waals surface area contributed by atoms with Crippen LogP contribution in [0.1, 0.15) is 32.1 Å². The van der Waals surface area contributed by atoms with Crippen LogP contribution in [0, 0.1) is 0 Å². The van der Waals surface area contributed by atoms with Gasteiger partial charge < -0.3 is 9.80 Å². The van der Waals surface area contributed by atoms with E-state index in [9.17, 15) is 9.59 Å². The van der Waals surface area contributed by atoms with Crippen molar-refractivity contribution in [2.45, 2.75) is 44.7 Å². The second kappa shape index (κ2) is 8.69. The summed E-state index contributed by atoms with van der Waals surface area (Å²) in [4.78, 5) is 29.6. The van der Waals surface area contributed by atoms with E-state index in [1.54, 1.807) is 6.07 Å². The lowest BCUT2D eigenvalue weighted by molar-refractivity contribution is -0.132. The van der Waals surface area contributed by atoms with E-state index >= 15 is 0 Å². The highest BCUT2D eigenvalue weighted by molar-refractivity contribution is 5.76. The molecule has 0 radical (unpaired) electrons. The standard InChI is InChI=1S/C22H28N4O2/c27-21-11-10-20(18-7-2-1-3-8-18)23-26(21)17-22(28)25-15-6-9-19(12-16-25)24-13-4-5-14-24/h1-3,7-8,10-11,19H,4-6,9,12-17H2. The zero-order valence-corrected chi connectivity index (χ0v) is 16.3. The molecule has 0 N–H and O–H groups in total. The molecule has 2 aliphatic heterocycles. The number of benzene rings is 1. The molecular weight excluding hydrogens is 352 g/mol. The Morgan fingerprint density at radius 1 is 0.929 bits per heavy atom. The molecule has 2 aromatic rings. The number of amides is 1. The minimum Gasteiger partial charge on any atom is -0.341 e. The molecule has 2 saturated heterocycles. The van der Waals surface area contributed by atoms with Gasteiger partial charge >= 0.3 is 0 Å². The second-order valence-corrected chi connectivity index (χ2v) is 7.79. The Kier molecular flexibility index (Phi) is 5.86. The molecule has 1 aromatic carbocycles. The fourth-order valence-electron chi connectivity index (χ4n) is 4.35. The van der Waals surface area contributed by atoms with Gasteiger partial charge in [0.1, 0.15) is 6.54 Å². The molecule has 1 aromatic heterocycles. The van der Waals surface area contributed by atoms with Crippen LogP contribution < -0.4 is 5.56 Å². The number of nitrogens with zero attached hydrogens (tertiary/aromatic N) is 4. The average molecular weight is 380 g/mol. The molecular formula is C22H28N4O2. The largest absolute Gasteiger partial charge is 0.341 e. The van der Waals surface area contributed by atoms with Crippen LogP contribution in [-0.2, 0) is 11.3 Å². The van der Waals surface area contributed by atoms with Crippen LogP contribution in [0.25, 0.3) is 11.3 Å². The van der Waals surface area contributed by atoms with Crippen molar-refractivity contribution in [2.75, 3.05) is 26.2 Å². The first-order valence-electron chi connectivity index (χ1n) is 10.4. The average Bonchev–Trinajstić information content (AvgIpc) is 3.14. The summed E-state index contributed by atoms with van der Waals surface area (Å²) in [6, 6.07) is 13.5. The third-order valence-corrected chi connectivity index (χ3v) is 5.93. The molecule has 3 heterocycles. The van der Waals surface area contributed by atoms with Crippen molar-refractivity contribution in [1.82, 2.24) is 19.6 Å². The number of hydrogen-bond acceptors (Lipinski definition) is 4. The molecule has 2 aliphatic rings. The van der Waals surface area contributed by atoms with E-state index in [1.165, 1.54) is 36.7 Å². The fourth-order valence-corrected chi connectivity index (χ4v) is 4.35. The zero-order chi connectivity index (χ0) is 19.3. The lowest BCUT2D eigenvalue weighted by atomic mass is 10.1. The Hall–Kier alpha value is -2.47. The van der Waals surface area contributed by atoms with Gasteiger partial charge in [0.05, 0.1) is 5.69 Å². The number of hydrogen-bond donors (Lipinski definition) is 0. The number of rotatable bonds is 4. The summed E-state index contributed by atoms with van der Waals surface area (Å²) in [5.41, 5.74) is 1.41. The van der Waals surface area contributed by atoms with Crippen molar-refractivity contribution in [1.29, 1.82) is 0 Å². The van der Waals surface area contributed by atoms with E-state index in [0.717, 1.165) is 37.9 Å². The molecule has 1 amide bonds. The molecule has 1 unspecified atom stereocenters. The van der Waals surface area contributed by atoms with E-state index in [4.69, 9.17) is 0 Å². The molecule has 148 valence electrons. The van der Waals surface area contributed by atoms with Gasteiger partial charge in [-0.15, -0.1) is 0 Å². The molecule has 6 nitrogen and oxygen atoms in total. The highest BCUT2D eigenvalue weighted by atomic mass is 16.2. The van der Waals surface area contributed by atoms with Crippen LogP contribution in [0.2, 0.25) is 0 Å². The second-order valence-electron chi connectivity index (χ2n) is 7.79. The highest BCUT2D eigenvalue weighted by Gasteiger charge is 2.26. The summed E-state index contributed by atoms with van der Waals surface area (Å²) < 4.78 is 1.30. The lowest BCUT2D eigenvalue weighted by Gasteiger charge is -2.26. The van der Waals surface area contributed by atoms with E-state index < -0.39 is 0 Å². The number of aromatic nitrogens is 2. The van der Waals surface area contributed by atoms with Crippen molar-refractivity contribution >= 4 is 5.91 Å². The maximum Gasteiger partial charge on any atom is 0.267 e. The molecule has 4 rings (SSSR count). The van der Waals surface area contributed by atoms with Crippen LogP contribution in [0.4, 0.5) is 0 Å². The van der Waals surface area contributed by atoms with Gasteiger partial charge in [0, 0.05) is 30.8 Å². The minimum atomic E-state index is -0.238. The summed E-state index contributed by atoms with van der Waals surface area (Å²) in [6.45, 7) is 3.95. The van der Waals surface area contributed by atoms with E-state index in [-0.39, 0.29) is 18.0 Å². The summed E-state index contributed by atoms with van der Waals surface area (Å²) in [5.74, 6) is -0.0121. The van der Waals surface area contributed by atoms with Gasteiger partial charge in [-0.25, -0.2) is 4.68 Å². The number of carbonyl (C=O) groups is 1. The van der Waals surface area contributed by atoms with Crippen LogP contribution in [0.5, 0.6) is 0 Å². The van der Waals surface area contributed by atoms with Gasteiger partial charge in [0.15, 0.2) is 0 Å². The minimum absolute atomic E-state index is 0.00783. The predicted molar refractivity (Wildman–Crippen MR) is 109 cm³/mol. The topological polar surface area (TPSA) is 58.4 Å². The smallest absolute Gasteiger partial charge is 0.267 e. The van der Waals surface area contributed by atoms with Crippen molar-refractivity contribution in [3.63, 3.8) is 0 Å². The first-order valence-corrected chi connectivity index (χ1v) is 10.4. The Balaban J connectivity index is 1.42. The monoisotopic (exact) mass is 380 g/mol. The van der Waals surface area contributed by atoms with Crippen LogP contribution >= 0.6 is 0 Å². The normalized spacial score (nSPS) is 20.9. The molecule has 0 saturated carbocycles. The molecule has 0 spiro atoms. The Bertz CT molecular complexity index is 858. The van der Waals surface area contributed by atoms with Crippen molar-refractivity contribution in [3.05, 3.63) is 52.8 Å². The van der Waals surface area contributed by atoms with Gasteiger partial charge in [0.25, 0.3) is 5.56 Å². The zero-order valence-electron chi connectivity index (χ0n) is 16.3. The summed E-state index contributed by atoms with van der Waals surface area (Å²) >= 11 is 0. The van der Waals surface area contributed by atoms with Crippen LogP contribution in [-0.4, -0.2) is 57.7 Å². The molecule has 1 atom stereocenters. The molecule has 28 heavy (non-hydrogen) atoms. The van der Waals surface area contributed by atoms with Crippen molar-refractivity contribution < 1.29 is 4.79 Å². The Morgan fingerprint density at radius 3 is 2.50 bits per heavy atom. The first-order chi connectivity index (χ1) is 13.7. The quantitative estimate of drug-likeness (QED) is 0.817. The summed E-state index contributed by atoms with van der Waals surface area (Å²) in [6.07, 6.45) is 5.81. The molecule has 2 fully saturated rings. The van der Waals surface area contributed by atoms with Crippen molar-refractivity contribution in [3.8, 4) is 11.3 Å². The van der Waals surface area contributed by atoms with E-state index in [0.29, 0.717) is 11.7 Å². The molecule has 0 aliphatic carbocycles. The Morgan fingerprint density at radius 2 is 1.71 bits per heavy atom. The first kappa shape index (κ1) is 18.9. The van der Waals surface area contributed by atoms with Gasteiger partial charge in [-0.2, -0.15) is 5.10 Å². The summed E-state index contributed by atoms with van der Waals surface area (Å²) in [7, 11) is 0. The van der Waals surface area contributed by atoms with Crippen LogP contribution in [0.15, 0.2) is 47.3 Å². The Labute approximate surface area is 165 Å². The summed E-state index contributed by atoms with van der Waals surface area (Å²) in [5, 5.41) is 4.43. The number of likely N-dealkylation sites (tertiary alicyclic amines) is 2. The van der Waals surface area contributed by atoms with Crippen LogP contribution in [0.3, 0.4) is 0 Å². The lowest BCUT2D eigenvalue weighted by Crippen LogP contribution is -2.39. The van der Waals surface area contributed by atoms with E-state index in [1.807, 2.05) is 35.2 Å². The van der Waals surface area contributed by atoms with E-state index in [2.05, 4.69) is 10.00 Å². The number of carbonyl (C=O) groups excluding carboxylic acids is 1. The third kappa shape index (κ3) is 4.33. The van der Waals surface area contributed by atoms with Gasteiger partial charge in [0.2, 0.25) is 5.91 Å².